The highest BCUT2D eigenvalue weighted by molar-refractivity contribution is 8.36. The molecule has 2 aliphatic heterocycles. The number of thioether (sulfide) groups is 4. The van der Waals surface area contributed by atoms with Gasteiger partial charge in [0.1, 0.15) is 0 Å². The van der Waals surface area contributed by atoms with Gasteiger partial charge in [-0.15, -0.1) is 0 Å². The minimum absolute atomic E-state index is 1.26. The van der Waals surface area contributed by atoms with Crippen LogP contribution in [0.1, 0.15) is 11.1 Å². The lowest BCUT2D eigenvalue weighted by Gasteiger charge is -2.07. The monoisotopic (exact) mass is 508 g/mol. The molecular formula is C30H20S4. The Hall–Kier alpha value is -2.50. The molecule has 0 amide bonds. The van der Waals surface area contributed by atoms with Gasteiger partial charge in [-0.2, -0.15) is 0 Å². The second kappa shape index (κ2) is 10.0. The zero-order valence-electron chi connectivity index (χ0n) is 18.2. The highest BCUT2D eigenvalue weighted by Crippen LogP contribution is 2.58. The van der Waals surface area contributed by atoms with Crippen LogP contribution in [0, 0.1) is 0 Å². The van der Waals surface area contributed by atoms with E-state index in [9.17, 15) is 0 Å². The van der Waals surface area contributed by atoms with Crippen LogP contribution in [0.15, 0.2) is 128 Å². The number of benzene rings is 4. The van der Waals surface area contributed by atoms with Gasteiger partial charge in [0.2, 0.25) is 0 Å². The van der Waals surface area contributed by atoms with E-state index >= 15 is 0 Å². The summed E-state index contributed by atoms with van der Waals surface area (Å²) in [6, 6.07) is 38.9. The van der Waals surface area contributed by atoms with Gasteiger partial charge in [-0.25, -0.2) is 0 Å². The van der Waals surface area contributed by atoms with Gasteiger partial charge in [0, 0.05) is 9.81 Å². The van der Waals surface area contributed by atoms with Crippen molar-refractivity contribution in [1.29, 1.82) is 0 Å². The SMILES string of the molecule is C1=C(c2ccc(-c3ccccc3)cc2)S/C(=C2/SC=C(c3ccc(-c4ccccc4)cc3)S2)S1. The molecule has 2 aliphatic rings. The third-order valence-corrected chi connectivity index (χ3v) is 11.0. The Labute approximate surface area is 217 Å². The molecule has 0 fully saturated rings. The molecule has 0 spiro atoms. The maximum atomic E-state index is 2.29. The van der Waals surface area contributed by atoms with Gasteiger partial charge < -0.3 is 0 Å². The van der Waals surface area contributed by atoms with Crippen molar-refractivity contribution < 1.29 is 0 Å². The number of hydrogen-bond acceptors (Lipinski definition) is 4. The maximum absolute atomic E-state index is 2.29. The average molecular weight is 509 g/mol. The van der Waals surface area contributed by atoms with Crippen LogP contribution >= 0.6 is 47.0 Å². The molecule has 0 saturated heterocycles. The minimum atomic E-state index is 1.26. The summed E-state index contributed by atoms with van der Waals surface area (Å²) in [5, 5.41) is 4.58. The molecule has 4 aromatic rings. The highest BCUT2D eigenvalue weighted by atomic mass is 32.2. The first-order chi connectivity index (χ1) is 16.8. The van der Waals surface area contributed by atoms with Crippen LogP contribution in [0.5, 0.6) is 0 Å². The molecule has 0 bridgehead atoms. The number of hydrogen-bond donors (Lipinski definition) is 0. The van der Waals surface area contributed by atoms with E-state index in [2.05, 4.69) is 120 Å². The predicted octanol–water partition coefficient (Wildman–Crippen LogP) is 10.4. The highest BCUT2D eigenvalue weighted by Gasteiger charge is 2.23. The van der Waals surface area contributed by atoms with Crippen molar-refractivity contribution in [2.24, 2.45) is 0 Å². The van der Waals surface area contributed by atoms with Crippen LogP contribution in [-0.4, -0.2) is 0 Å². The zero-order chi connectivity index (χ0) is 22.7. The van der Waals surface area contributed by atoms with E-state index in [-0.39, 0.29) is 0 Å². The molecular weight excluding hydrogens is 489 g/mol. The molecule has 34 heavy (non-hydrogen) atoms. The predicted molar refractivity (Wildman–Crippen MR) is 157 cm³/mol. The molecule has 0 unspecified atom stereocenters. The zero-order valence-corrected chi connectivity index (χ0v) is 21.4. The third kappa shape index (κ3) is 4.69. The van der Waals surface area contributed by atoms with Gasteiger partial charge in [0.05, 0.1) is 8.47 Å². The van der Waals surface area contributed by atoms with Crippen molar-refractivity contribution in [1.82, 2.24) is 0 Å². The summed E-state index contributed by atoms with van der Waals surface area (Å²) in [5.41, 5.74) is 7.60. The van der Waals surface area contributed by atoms with Gasteiger partial charge in [0.15, 0.2) is 0 Å². The lowest BCUT2D eigenvalue weighted by Crippen LogP contribution is -1.81. The van der Waals surface area contributed by atoms with Crippen LogP contribution in [-0.2, 0) is 0 Å². The standard InChI is InChI=1S/C30H20S4/c1-3-7-21(8-4-1)23-11-15-25(16-12-23)27-19-31-29(33-27)30-32-20-28(34-30)26-17-13-24(14-18-26)22-9-5-2-6-10-22/h1-20H/b30-29-. The van der Waals surface area contributed by atoms with Gasteiger partial charge >= 0.3 is 0 Å². The largest absolute Gasteiger partial charge is 0.0878 e. The first-order valence-corrected chi connectivity index (χ1v) is 14.4. The summed E-state index contributed by atoms with van der Waals surface area (Å²) >= 11 is 7.47. The Morgan fingerprint density at radius 3 is 1.03 bits per heavy atom. The summed E-state index contributed by atoms with van der Waals surface area (Å²) in [6.45, 7) is 0. The summed E-state index contributed by atoms with van der Waals surface area (Å²) < 4.78 is 2.76. The lowest BCUT2D eigenvalue weighted by atomic mass is 10.0. The Kier molecular flexibility index (Phi) is 6.47. The fraction of sp³-hybridized carbons (Fsp3) is 0. The Balaban J connectivity index is 1.13. The van der Waals surface area contributed by atoms with Crippen molar-refractivity contribution in [2.45, 2.75) is 0 Å². The van der Waals surface area contributed by atoms with Gasteiger partial charge in [-0.3, -0.25) is 0 Å². The molecule has 0 atom stereocenters. The van der Waals surface area contributed by atoms with E-state index in [1.807, 2.05) is 47.0 Å². The average Bonchev–Trinajstić information content (AvgIpc) is 3.61. The van der Waals surface area contributed by atoms with Crippen molar-refractivity contribution in [3.8, 4) is 22.3 Å². The Bertz CT molecular complexity index is 1290. The second-order valence-electron chi connectivity index (χ2n) is 7.87. The molecule has 0 N–H and O–H groups in total. The Morgan fingerprint density at radius 1 is 0.324 bits per heavy atom. The lowest BCUT2D eigenvalue weighted by molar-refractivity contribution is 1.60. The van der Waals surface area contributed by atoms with Crippen molar-refractivity contribution in [3.05, 3.63) is 140 Å². The van der Waals surface area contributed by atoms with E-state index in [1.54, 1.807) is 0 Å². The topological polar surface area (TPSA) is 0 Å². The molecule has 4 heteroatoms. The normalized spacial score (nSPS) is 17.5. The minimum Gasteiger partial charge on any atom is -0.0878 e. The van der Waals surface area contributed by atoms with Gasteiger partial charge in [-0.1, -0.05) is 156 Å². The quantitative estimate of drug-likeness (QED) is 0.269. The molecule has 0 radical (unpaired) electrons. The second-order valence-corrected chi connectivity index (χ2v) is 12.2. The van der Waals surface area contributed by atoms with Crippen LogP contribution in [0.25, 0.3) is 32.1 Å². The maximum Gasteiger partial charge on any atom is 0.0700 e. The molecule has 0 nitrogen and oxygen atoms in total. The van der Waals surface area contributed by atoms with E-state index in [0.29, 0.717) is 0 Å². The molecule has 164 valence electrons. The fourth-order valence-electron chi connectivity index (χ4n) is 3.86. The number of rotatable bonds is 4. The van der Waals surface area contributed by atoms with Crippen molar-refractivity contribution >= 4 is 56.9 Å². The van der Waals surface area contributed by atoms with Crippen LogP contribution < -0.4 is 0 Å². The van der Waals surface area contributed by atoms with E-state index in [0.717, 1.165) is 0 Å². The smallest absolute Gasteiger partial charge is 0.0700 e. The molecule has 0 aliphatic carbocycles. The summed E-state index contributed by atoms with van der Waals surface area (Å²) in [7, 11) is 0. The first-order valence-electron chi connectivity index (χ1n) is 11.0. The summed E-state index contributed by atoms with van der Waals surface area (Å²) in [5.74, 6) is 0. The van der Waals surface area contributed by atoms with E-state index in [4.69, 9.17) is 0 Å². The van der Waals surface area contributed by atoms with Gasteiger partial charge in [0.25, 0.3) is 0 Å². The molecule has 2 heterocycles. The summed E-state index contributed by atoms with van der Waals surface area (Å²) in [4.78, 5) is 2.66. The third-order valence-electron chi connectivity index (χ3n) is 5.67. The van der Waals surface area contributed by atoms with Crippen molar-refractivity contribution in [2.75, 3.05) is 0 Å². The van der Waals surface area contributed by atoms with Gasteiger partial charge in [-0.05, 0) is 44.2 Å². The fourth-order valence-corrected chi connectivity index (χ4v) is 8.79. The van der Waals surface area contributed by atoms with E-state index < -0.39 is 0 Å². The molecule has 4 aromatic carbocycles. The van der Waals surface area contributed by atoms with Crippen LogP contribution in [0.2, 0.25) is 0 Å². The first kappa shape index (κ1) is 22.0. The van der Waals surface area contributed by atoms with E-state index in [1.165, 1.54) is 51.7 Å². The van der Waals surface area contributed by atoms with Crippen LogP contribution in [0.3, 0.4) is 0 Å². The van der Waals surface area contributed by atoms with Crippen molar-refractivity contribution in [3.63, 3.8) is 0 Å². The molecule has 6 rings (SSSR count). The molecule has 0 saturated carbocycles. The molecule has 0 aromatic heterocycles. The summed E-state index contributed by atoms with van der Waals surface area (Å²) in [6.07, 6.45) is 0. The van der Waals surface area contributed by atoms with Crippen LogP contribution in [0.4, 0.5) is 0 Å². The Morgan fingerprint density at radius 2 is 0.647 bits per heavy atom.